The molecule has 2 nitrogen and oxygen atoms in total. The monoisotopic (exact) mass is 247 g/mol. The average Bonchev–Trinajstić information content (AvgIpc) is 2.05. The van der Waals surface area contributed by atoms with Gasteiger partial charge >= 0.3 is 0 Å². The normalized spacial score (nSPS) is 15.3. The third-order valence-electron chi connectivity index (χ3n) is 2.07. The van der Waals surface area contributed by atoms with Crippen molar-refractivity contribution in [1.82, 2.24) is 0 Å². The van der Waals surface area contributed by atoms with Crippen molar-refractivity contribution in [1.29, 1.82) is 0 Å². The first kappa shape index (κ1) is 14.1. The molecule has 1 aromatic carbocycles. The summed E-state index contributed by atoms with van der Waals surface area (Å²) in [6.07, 6.45) is 4.09. The number of benzene rings is 1. The third-order valence-corrected chi connectivity index (χ3v) is 2.07. The molecule has 2 rings (SSSR count). The predicted octanol–water partition coefficient (Wildman–Crippen LogP) is 3.30. The number of rotatable bonds is 0. The summed E-state index contributed by atoms with van der Waals surface area (Å²) in [7, 11) is 0. The van der Waals surface area contributed by atoms with E-state index in [0.717, 1.165) is 17.0 Å². The zero-order chi connectivity index (χ0) is 9.47. The van der Waals surface area contributed by atoms with Gasteiger partial charge in [0.15, 0.2) is 0 Å². The van der Waals surface area contributed by atoms with Crippen LogP contribution in [0.2, 0.25) is 0 Å². The molecule has 0 fully saturated rings. The number of ether oxygens (including phenoxy) is 1. The van der Waals surface area contributed by atoms with Gasteiger partial charge in [-0.3, -0.25) is 0 Å². The molecular weight excluding hydrogens is 233 g/mol. The third kappa shape index (κ3) is 3.05. The summed E-state index contributed by atoms with van der Waals surface area (Å²) in [6.45, 7) is 4.06. The van der Waals surface area contributed by atoms with Crippen molar-refractivity contribution in [2.24, 2.45) is 0 Å². The summed E-state index contributed by atoms with van der Waals surface area (Å²) in [5, 5.41) is 0. The van der Waals surface area contributed by atoms with Crippen LogP contribution in [-0.4, -0.2) is 5.60 Å². The lowest BCUT2D eigenvalue weighted by Crippen LogP contribution is -2.27. The van der Waals surface area contributed by atoms with E-state index in [-0.39, 0.29) is 30.4 Å². The molecule has 0 spiro atoms. The van der Waals surface area contributed by atoms with Gasteiger partial charge in [0.25, 0.3) is 0 Å². The van der Waals surface area contributed by atoms with Gasteiger partial charge in [-0.1, -0.05) is 6.08 Å². The van der Waals surface area contributed by atoms with E-state index in [1.807, 2.05) is 38.1 Å². The van der Waals surface area contributed by atoms with Crippen molar-refractivity contribution >= 4 is 36.6 Å². The van der Waals surface area contributed by atoms with Crippen LogP contribution in [0, 0.1) is 0 Å². The molecule has 1 heterocycles. The number of nitrogen functional groups attached to an aromatic ring is 1. The second-order valence-corrected chi connectivity index (χ2v) is 3.84. The van der Waals surface area contributed by atoms with Crippen molar-refractivity contribution in [3.05, 3.63) is 29.8 Å². The summed E-state index contributed by atoms with van der Waals surface area (Å²) in [4.78, 5) is 0. The largest absolute Gasteiger partial charge is 0.483 e. The molecule has 0 bridgehead atoms. The van der Waals surface area contributed by atoms with Crippen molar-refractivity contribution in [2.45, 2.75) is 19.4 Å². The summed E-state index contributed by atoms with van der Waals surface area (Å²) >= 11 is 0. The second-order valence-electron chi connectivity index (χ2n) is 3.84. The first-order valence-corrected chi connectivity index (χ1v) is 4.35. The van der Waals surface area contributed by atoms with Gasteiger partial charge in [-0.05, 0) is 38.1 Å². The number of hydrogen-bond donors (Lipinski definition) is 1. The van der Waals surface area contributed by atoms with Gasteiger partial charge in [0.2, 0.25) is 0 Å². The number of hydrogen-bond acceptors (Lipinski definition) is 2. The first-order chi connectivity index (χ1) is 6.07. The van der Waals surface area contributed by atoms with Crippen LogP contribution < -0.4 is 10.5 Å². The number of halogens is 2. The Balaban J connectivity index is 0.000000980. The van der Waals surface area contributed by atoms with E-state index >= 15 is 0 Å². The van der Waals surface area contributed by atoms with Gasteiger partial charge in [0.05, 0.1) is 0 Å². The first-order valence-electron chi connectivity index (χ1n) is 4.35. The molecule has 0 aliphatic carbocycles. The Labute approximate surface area is 102 Å². The zero-order valence-corrected chi connectivity index (χ0v) is 10.3. The minimum atomic E-state index is -0.205. The molecule has 0 amide bonds. The van der Waals surface area contributed by atoms with Crippen LogP contribution in [0.5, 0.6) is 5.75 Å². The van der Waals surface area contributed by atoms with E-state index in [1.54, 1.807) is 0 Å². The smallest absolute Gasteiger partial charge is 0.127 e. The topological polar surface area (TPSA) is 35.2 Å². The molecule has 1 aliphatic rings. The molecule has 4 heteroatoms. The van der Waals surface area contributed by atoms with E-state index in [2.05, 4.69) is 6.08 Å². The fourth-order valence-corrected chi connectivity index (χ4v) is 1.40. The number of fused-ring (bicyclic) bond motifs is 1. The molecule has 0 saturated carbocycles. The molecule has 1 aliphatic heterocycles. The van der Waals surface area contributed by atoms with Crippen molar-refractivity contribution < 1.29 is 4.74 Å². The van der Waals surface area contributed by atoms with E-state index in [4.69, 9.17) is 10.5 Å². The minimum absolute atomic E-state index is 0. The van der Waals surface area contributed by atoms with Gasteiger partial charge in [0.1, 0.15) is 11.4 Å². The second kappa shape index (κ2) is 4.77. The minimum Gasteiger partial charge on any atom is -0.483 e. The predicted molar refractivity (Wildman–Crippen MR) is 69.1 cm³/mol. The lowest BCUT2D eigenvalue weighted by molar-refractivity contribution is 0.159. The summed E-state index contributed by atoms with van der Waals surface area (Å²) in [5.74, 6) is 0.904. The van der Waals surface area contributed by atoms with Crippen LogP contribution in [0.3, 0.4) is 0 Å². The molecule has 2 N–H and O–H groups in total. The maximum Gasteiger partial charge on any atom is 0.127 e. The van der Waals surface area contributed by atoms with Crippen LogP contribution in [0.15, 0.2) is 24.3 Å². The molecule has 0 saturated heterocycles. The maximum atomic E-state index is 5.73. The lowest BCUT2D eigenvalue weighted by Gasteiger charge is -2.27. The number of nitrogens with two attached hydrogens (primary N) is 1. The van der Waals surface area contributed by atoms with Gasteiger partial charge in [-0.25, -0.2) is 0 Å². The van der Waals surface area contributed by atoms with Gasteiger partial charge in [-0.15, -0.1) is 24.8 Å². The van der Waals surface area contributed by atoms with E-state index in [1.165, 1.54) is 0 Å². The molecule has 1 aromatic rings. The molecule has 15 heavy (non-hydrogen) atoms. The van der Waals surface area contributed by atoms with Crippen molar-refractivity contribution in [3.63, 3.8) is 0 Å². The Morgan fingerprint density at radius 3 is 2.53 bits per heavy atom. The molecular formula is C11H15Cl2NO. The van der Waals surface area contributed by atoms with E-state index in [0.29, 0.717) is 0 Å². The highest BCUT2D eigenvalue weighted by Gasteiger charge is 2.20. The van der Waals surface area contributed by atoms with Crippen LogP contribution in [0.1, 0.15) is 19.4 Å². The zero-order valence-electron chi connectivity index (χ0n) is 8.69. The molecule has 84 valence electrons. The standard InChI is InChI=1S/C11H13NO.2ClH/c1-11(2)6-5-8-7-9(12)3-4-10(8)13-11;;/h3-7H,12H2,1-2H3;2*1H. The summed E-state index contributed by atoms with van der Waals surface area (Å²) < 4.78 is 5.73. The molecule has 0 radical (unpaired) electrons. The summed E-state index contributed by atoms with van der Waals surface area (Å²) in [6, 6.07) is 5.69. The maximum absolute atomic E-state index is 5.73. The Bertz CT molecular complexity index is 375. The van der Waals surface area contributed by atoms with Gasteiger partial charge < -0.3 is 10.5 Å². The summed E-state index contributed by atoms with van der Waals surface area (Å²) in [5.41, 5.74) is 7.28. The van der Waals surface area contributed by atoms with Gasteiger partial charge in [0, 0.05) is 11.3 Å². The van der Waals surface area contributed by atoms with E-state index in [9.17, 15) is 0 Å². The molecule has 0 atom stereocenters. The van der Waals surface area contributed by atoms with E-state index < -0.39 is 0 Å². The SMILES string of the molecule is CC1(C)C=Cc2cc(N)ccc2O1.Cl.Cl. The fraction of sp³-hybridized carbons (Fsp3) is 0.273. The Hall–Kier alpha value is -0.860. The van der Waals surface area contributed by atoms with Crippen molar-refractivity contribution in [3.8, 4) is 5.75 Å². The Morgan fingerprint density at radius 1 is 1.20 bits per heavy atom. The molecule has 0 unspecified atom stereocenters. The fourth-order valence-electron chi connectivity index (χ4n) is 1.40. The highest BCUT2D eigenvalue weighted by molar-refractivity contribution is 5.85. The lowest BCUT2D eigenvalue weighted by atomic mass is 10.0. The number of anilines is 1. The quantitative estimate of drug-likeness (QED) is 0.715. The van der Waals surface area contributed by atoms with Crippen LogP contribution in [-0.2, 0) is 0 Å². The molecule has 0 aromatic heterocycles. The highest BCUT2D eigenvalue weighted by Crippen LogP contribution is 2.31. The Morgan fingerprint density at radius 2 is 1.87 bits per heavy atom. The highest BCUT2D eigenvalue weighted by atomic mass is 35.5. The Kier molecular flexibility index (Phi) is 4.50. The van der Waals surface area contributed by atoms with Crippen LogP contribution >= 0.6 is 24.8 Å². The average molecular weight is 248 g/mol. The van der Waals surface area contributed by atoms with Crippen molar-refractivity contribution in [2.75, 3.05) is 5.73 Å². The van der Waals surface area contributed by atoms with Crippen LogP contribution in [0.4, 0.5) is 5.69 Å². The van der Waals surface area contributed by atoms with Gasteiger partial charge in [-0.2, -0.15) is 0 Å². The van der Waals surface area contributed by atoms with Crippen LogP contribution in [0.25, 0.3) is 6.08 Å².